The van der Waals surface area contributed by atoms with Gasteiger partial charge in [0.05, 0.1) is 5.69 Å². The van der Waals surface area contributed by atoms with E-state index in [4.69, 9.17) is 4.98 Å². The summed E-state index contributed by atoms with van der Waals surface area (Å²) >= 11 is 0. The number of nitrogens with one attached hydrogen (secondary N) is 1. The minimum absolute atomic E-state index is 0.848. The summed E-state index contributed by atoms with van der Waals surface area (Å²) in [7, 11) is 0. The zero-order chi connectivity index (χ0) is 13.1. The summed E-state index contributed by atoms with van der Waals surface area (Å²) in [5, 5.41) is 3.35. The standard InChI is InChI=1S/C15H18N4/c1-12-11-14(13-5-3-2-4-6-13)18-15(17-12)19-9-7-16-8-10-19/h2-6,11,16H,7-10H2,1H3. The first-order valence-corrected chi connectivity index (χ1v) is 6.70. The summed E-state index contributed by atoms with van der Waals surface area (Å²) in [6.07, 6.45) is 0. The van der Waals surface area contributed by atoms with Gasteiger partial charge in [-0.1, -0.05) is 30.3 Å². The molecule has 0 spiro atoms. The minimum Gasteiger partial charge on any atom is -0.338 e. The molecule has 4 nitrogen and oxygen atoms in total. The number of aryl methyl sites for hydroxylation is 1. The zero-order valence-electron chi connectivity index (χ0n) is 11.1. The van der Waals surface area contributed by atoms with E-state index in [2.05, 4.69) is 27.3 Å². The molecule has 1 aliphatic rings. The van der Waals surface area contributed by atoms with Gasteiger partial charge in [0.15, 0.2) is 0 Å². The molecule has 3 rings (SSSR count). The molecular formula is C15H18N4. The first kappa shape index (κ1) is 12.1. The van der Waals surface area contributed by atoms with Crippen molar-refractivity contribution in [2.24, 2.45) is 0 Å². The molecule has 0 aliphatic carbocycles. The van der Waals surface area contributed by atoms with Gasteiger partial charge in [-0.25, -0.2) is 9.97 Å². The van der Waals surface area contributed by atoms with Crippen molar-refractivity contribution in [1.82, 2.24) is 15.3 Å². The molecule has 1 aliphatic heterocycles. The van der Waals surface area contributed by atoms with Crippen molar-refractivity contribution in [2.75, 3.05) is 31.1 Å². The summed E-state index contributed by atoms with van der Waals surface area (Å²) in [5.74, 6) is 0.848. The monoisotopic (exact) mass is 254 g/mol. The quantitative estimate of drug-likeness (QED) is 0.888. The lowest BCUT2D eigenvalue weighted by molar-refractivity contribution is 0.579. The number of anilines is 1. The predicted molar refractivity (Wildman–Crippen MR) is 77.3 cm³/mol. The predicted octanol–water partition coefficient (Wildman–Crippen LogP) is 1.86. The smallest absolute Gasteiger partial charge is 0.226 e. The van der Waals surface area contributed by atoms with E-state index in [1.165, 1.54) is 0 Å². The molecule has 0 unspecified atom stereocenters. The maximum atomic E-state index is 4.71. The van der Waals surface area contributed by atoms with Crippen molar-refractivity contribution >= 4 is 5.95 Å². The maximum absolute atomic E-state index is 4.71. The van der Waals surface area contributed by atoms with Gasteiger partial charge in [-0.3, -0.25) is 0 Å². The van der Waals surface area contributed by atoms with Gasteiger partial charge < -0.3 is 10.2 Å². The Morgan fingerprint density at radius 3 is 2.53 bits per heavy atom. The summed E-state index contributed by atoms with van der Waals surface area (Å²) in [5.41, 5.74) is 3.16. The molecule has 0 saturated carbocycles. The third kappa shape index (κ3) is 2.74. The largest absolute Gasteiger partial charge is 0.338 e. The molecule has 4 heteroatoms. The highest BCUT2D eigenvalue weighted by Crippen LogP contribution is 2.20. The van der Waals surface area contributed by atoms with Crippen molar-refractivity contribution < 1.29 is 0 Å². The zero-order valence-corrected chi connectivity index (χ0v) is 11.1. The van der Waals surface area contributed by atoms with Crippen LogP contribution in [0.4, 0.5) is 5.95 Å². The average Bonchev–Trinajstić information content (AvgIpc) is 2.48. The van der Waals surface area contributed by atoms with E-state index >= 15 is 0 Å². The fourth-order valence-electron chi connectivity index (χ4n) is 2.32. The van der Waals surface area contributed by atoms with E-state index in [-0.39, 0.29) is 0 Å². The first-order chi connectivity index (χ1) is 9.33. The third-order valence-corrected chi connectivity index (χ3v) is 3.31. The molecule has 0 bridgehead atoms. The Labute approximate surface area is 113 Å². The van der Waals surface area contributed by atoms with E-state index < -0.39 is 0 Å². The normalized spacial score (nSPS) is 15.5. The van der Waals surface area contributed by atoms with Crippen LogP contribution >= 0.6 is 0 Å². The first-order valence-electron chi connectivity index (χ1n) is 6.70. The molecule has 1 saturated heterocycles. The molecule has 0 amide bonds. The van der Waals surface area contributed by atoms with Crippen LogP contribution in [0, 0.1) is 6.92 Å². The van der Waals surface area contributed by atoms with E-state index in [0.717, 1.165) is 49.1 Å². The van der Waals surface area contributed by atoms with Crippen LogP contribution in [0.25, 0.3) is 11.3 Å². The molecule has 2 heterocycles. The van der Waals surface area contributed by atoms with E-state index in [1.54, 1.807) is 0 Å². The summed E-state index contributed by atoms with van der Waals surface area (Å²) < 4.78 is 0. The molecule has 98 valence electrons. The van der Waals surface area contributed by atoms with Crippen LogP contribution in [0.2, 0.25) is 0 Å². The lowest BCUT2D eigenvalue weighted by Crippen LogP contribution is -2.44. The van der Waals surface area contributed by atoms with Gasteiger partial charge in [0.25, 0.3) is 0 Å². The molecular weight excluding hydrogens is 236 g/mol. The Morgan fingerprint density at radius 1 is 1.05 bits per heavy atom. The SMILES string of the molecule is Cc1cc(-c2ccccc2)nc(N2CCNCC2)n1. The molecule has 2 aromatic rings. The lowest BCUT2D eigenvalue weighted by atomic mass is 10.1. The van der Waals surface area contributed by atoms with Crippen molar-refractivity contribution in [2.45, 2.75) is 6.92 Å². The molecule has 0 atom stereocenters. The van der Waals surface area contributed by atoms with Crippen molar-refractivity contribution in [3.63, 3.8) is 0 Å². The van der Waals surface area contributed by atoms with E-state index in [0.29, 0.717) is 0 Å². The van der Waals surface area contributed by atoms with Gasteiger partial charge in [-0.2, -0.15) is 0 Å². The van der Waals surface area contributed by atoms with Gasteiger partial charge in [0, 0.05) is 37.4 Å². The number of piperazine rings is 1. The number of rotatable bonds is 2. The van der Waals surface area contributed by atoms with Gasteiger partial charge in [-0.05, 0) is 13.0 Å². The summed E-state index contributed by atoms with van der Waals surface area (Å²) in [6.45, 7) is 5.96. The number of hydrogen-bond donors (Lipinski definition) is 1. The Kier molecular flexibility index (Phi) is 3.42. The molecule has 1 fully saturated rings. The Hall–Kier alpha value is -1.94. The van der Waals surface area contributed by atoms with Crippen molar-refractivity contribution in [3.05, 3.63) is 42.1 Å². The fraction of sp³-hybridized carbons (Fsp3) is 0.333. The van der Waals surface area contributed by atoms with Crippen molar-refractivity contribution in [3.8, 4) is 11.3 Å². The lowest BCUT2D eigenvalue weighted by Gasteiger charge is -2.27. The number of aromatic nitrogens is 2. The second kappa shape index (κ2) is 5.36. The minimum atomic E-state index is 0.848. The molecule has 1 aromatic heterocycles. The number of nitrogens with zero attached hydrogens (tertiary/aromatic N) is 3. The number of benzene rings is 1. The highest BCUT2D eigenvalue weighted by atomic mass is 15.3. The molecule has 0 radical (unpaired) electrons. The Morgan fingerprint density at radius 2 is 1.79 bits per heavy atom. The number of hydrogen-bond acceptors (Lipinski definition) is 4. The molecule has 19 heavy (non-hydrogen) atoms. The second-order valence-electron chi connectivity index (χ2n) is 4.80. The van der Waals surface area contributed by atoms with Crippen LogP contribution in [0.5, 0.6) is 0 Å². The average molecular weight is 254 g/mol. The fourth-order valence-corrected chi connectivity index (χ4v) is 2.32. The van der Waals surface area contributed by atoms with E-state index in [9.17, 15) is 0 Å². The maximum Gasteiger partial charge on any atom is 0.226 e. The van der Waals surface area contributed by atoms with E-state index in [1.807, 2.05) is 31.2 Å². The van der Waals surface area contributed by atoms with Crippen LogP contribution in [0.1, 0.15) is 5.69 Å². The van der Waals surface area contributed by atoms with Crippen molar-refractivity contribution in [1.29, 1.82) is 0 Å². The Balaban J connectivity index is 1.96. The topological polar surface area (TPSA) is 41.1 Å². The highest BCUT2D eigenvalue weighted by Gasteiger charge is 2.14. The van der Waals surface area contributed by atoms with Crippen LogP contribution in [-0.4, -0.2) is 36.1 Å². The van der Waals surface area contributed by atoms with Crippen LogP contribution in [0.3, 0.4) is 0 Å². The third-order valence-electron chi connectivity index (χ3n) is 3.31. The van der Waals surface area contributed by atoms with Gasteiger partial charge in [0.1, 0.15) is 0 Å². The van der Waals surface area contributed by atoms with Gasteiger partial charge in [0.2, 0.25) is 5.95 Å². The second-order valence-corrected chi connectivity index (χ2v) is 4.80. The van der Waals surface area contributed by atoms with Crippen LogP contribution in [0.15, 0.2) is 36.4 Å². The van der Waals surface area contributed by atoms with Crippen LogP contribution in [-0.2, 0) is 0 Å². The van der Waals surface area contributed by atoms with Gasteiger partial charge >= 0.3 is 0 Å². The van der Waals surface area contributed by atoms with Crippen LogP contribution < -0.4 is 10.2 Å². The summed E-state index contributed by atoms with van der Waals surface area (Å²) in [6, 6.07) is 12.3. The molecule has 1 N–H and O–H groups in total. The Bertz CT molecular complexity index is 547. The highest BCUT2D eigenvalue weighted by molar-refractivity contribution is 5.60. The molecule has 1 aromatic carbocycles. The summed E-state index contributed by atoms with van der Waals surface area (Å²) in [4.78, 5) is 11.5. The van der Waals surface area contributed by atoms with Gasteiger partial charge in [-0.15, -0.1) is 0 Å².